The van der Waals surface area contributed by atoms with E-state index in [1.54, 1.807) is 24.3 Å². The van der Waals surface area contributed by atoms with Crippen molar-refractivity contribution in [2.45, 2.75) is 43.0 Å². The van der Waals surface area contributed by atoms with Crippen LogP contribution in [0.25, 0.3) is 0 Å². The Bertz CT molecular complexity index is 826. The van der Waals surface area contributed by atoms with Crippen LogP contribution in [0, 0.1) is 0 Å². The molecule has 0 bridgehead atoms. The summed E-state index contributed by atoms with van der Waals surface area (Å²) in [6, 6.07) is 7.09. The molecule has 2 aliphatic rings. The molecule has 3 atom stereocenters. The molecule has 160 valence electrons. The van der Waals surface area contributed by atoms with Crippen molar-refractivity contribution in [3.63, 3.8) is 0 Å². The van der Waals surface area contributed by atoms with Gasteiger partial charge in [-0.05, 0) is 49.3 Å². The Morgan fingerprint density at radius 1 is 1.17 bits per heavy atom. The average molecular weight is 448 g/mol. The molecule has 0 radical (unpaired) electrons. The van der Waals surface area contributed by atoms with E-state index in [0.717, 1.165) is 25.0 Å². The number of aliphatic imine (C=N–C) groups is 1. The highest BCUT2D eigenvalue weighted by atomic mass is 32.2. The van der Waals surface area contributed by atoms with Crippen molar-refractivity contribution >= 4 is 52.7 Å². The van der Waals surface area contributed by atoms with Gasteiger partial charge >= 0.3 is 6.03 Å². The van der Waals surface area contributed by atoms with Gasteiger partial charge in [-0.25, -0.2) is 4.79 Å². The van der Waals surface area contributed by atoms with Crippen LogP contribution in [0.3, 0.4) is 0 Å². The number of unbranched alkanes of at least 4 members (excludes halogenated alkanes) is 1. The Morgan fingerprint density at radius 3 is 2.70 bits per heavy atom. The van der Waals surface area contributed by atoms with E-state index in [1.807, 2.05) is 11.8 Å². The lowest BCUT2D eigenvalue weighted by Gasteiger charge is -2.16. The van der Waals surface area contributed by atoms with Crippen LogP contribution < -0.4 is 21.3 Å². The van der Waals surface area contributed by atoms with E-state index >= 15 is 0 Å². The fourth-order valence-electron chi connectivity index (χ4n) is 3.58. The highest BCUT2D eigenvalue weighted by Crippen LogP contribution is 2.33. The molecule has 3 rings (SSSR count). The molecule has 1 aromatic rings. The molecule has 2 saturated heterocycles. The SMILES string of the molecule is O=C(CCCC[C@@H]1SC[C@@H]2NC(=O)N[C@@H]21)NCCNC(=O)c1ccc(N=C=S)cc1. The number of urea groups is 1. The van der Waals surface area contributed by atoms with E-state index in [0.29, 0.717) is 36.0 Å². The van der Waals surface area contributed by atoms with Crippen LogP contribution in [0.15, 0.2) is 29.3 Å². The minimum atomic E-state index is -0.206. The maximum absolute atomic E-state index is 12.1. The first-order valence-corrected chi connectivity index (χ1v) is 11.4. The summed E-state index contributed by atoms with van der Waals surface area (Å²) in [5.41, 5.74) is 1.16. The molecule has 0 saturated carbocycles. The second-order valence-electron chi connectivity index (χ2n) is 7.22. The number of hydrogen-bond acceptors (Lipinski definition) is 6. The monoisotopic (exact) mass is 447 g/mol. The van der Waals surface area contributed by atoms with E-state index in [2.05, 4.69) is 43.6 Å². The van der Waals surface area contributed by atoms with Crippen molar-refractivity contribution in [3.8, 4) is 0 Å². The number of rotatable bonds is 10. The predicted octanol–water partition coefficient (Wildman–Crippen LogP) is 1.99. The van der Waals surface area contributed by atoms with Gasteiger partial charge in [-0.1, -0.05) is 6.42 Å². The Balaban J connectivity index is 1.24. The molecule has 2 fully saturated rings. The number of hydrogen-bond donors (Lipinski definition) is 4. The predicted molar refractivity (Wildman–Crippen MR) is 120 cm³/mol. The fraction of sp³-hybridized carbons (Fsp3) is 0.500. The van der Waals surface area contributed by atoms with Gasteiger partial charge in [0.25, 0.3) is 5.91 Å². The van der Waals surface area contributed by atoms with Crippen molar-refractivity contribution < 1.29 is 14.4 Å². The lowest BCUT2D eigenvalue weighted by atomic mass is 10.0. The Morgan fingerprint density at radius 2 is 1.93 bits per heavy atom. The molecule has 1 aromatic carbocycles. The van der Waals surface area contributed by atoms with Crippen LogP contribution in [0.5, 0.6) is 0 Å². The van der Waals surface area contributed by atoms with Crippen molar-refractivity contribution in [1.29, 1.82) is 0 Å². The number of carbonyl (C=O) groups is 3. The van der Waals surface area contributed by atoms with Gasteiger partial charge in [0, 0.05) is 36.1 Å². The number of isothiocyanates is 1. The van der Waals surface area contributed by atoms with Gasteiger partial charge in [0.05, 0.1) is 22.9 Å². The average Bonchev–Trinajstić information content (AvgIpc) is 3.28. The number of amides is 4. The van der Waals surface area contributed by atoms with E-state index in [9.17, 15) is 14.4 Å². The summed E-state index contributed by atoms with van der Waals surface area (Å²) >= 11 is 6.43. The minimum absolute atomic E-state index is 0.0144. The third-order valence-corrected chi connectivity index (χ3v) is 6.72. The van der Waals surface area contributed by atoms with Gasteiger partial charge in [0.15, 0.2) is 0 Å². The number of carbonyl (C=O) groups excluding carboxylic acids is 3. The molecular formula is C20H25N5O3S2. The molecule has 0 aromatic heterocycles. The molecule has 0 spiro atoms. The third-order valence-electron chi connectivity index (χ3n) is 5.12. The molecule has 0 aliphatic carbocycles. The van der Waals surface area contributed by atoms with Gasteiger partial charge in [-0.3, -0.25) is 9.59 Å². The second-order valence-corrected chi connectivity index (χ2v) is 8.68. The van der Waals surface area contributed by atoms with Gasteiger partial charge in [0.2, 0.25) is 5.91 Å². The zero-order valence-corrected chi connectivity index (χ0v) is 18.1. The first-order chi connectivity index (χ1) is 14.6. The van der Waals surface area contributed by atoms with Crippen LogP contribution in [0.2, 0.25) is 0 Å². The first-order valence-electron chi connectivity index (χ1n) is 9.98. The lowest BCUT2D eigenvalue weighted by Crippen LogP contribution is -2.36. The van der Waals surface area contributed by atoms with Crippen molar-refractivity contribution in [2.75, 3.05) is 18.8 Å². The van der Waals surface area contributed by atoms with Gasteiger partial charge in [-0.2, -0.15) is 16.8 Å². The molecule has 8 nitrogen and oxygen atoms in total. The lowest BCUT2D eigenvalue weighted by molar-refractivity contribution is -0.121. The molecule has 10 heteroatoms. The molecule has 4 amide bonds. The largest absolute Gasteiger partial charge is 0.354 e. The van der Waals surface area contributed by atoms with Crippen molar-refractivity contribution in [1.82, 2.24) is 21.3 Å². The normalized spacial score (nSPS) is 21.7. The molecule has 4 N–H and O–H groups in total. The first kappa shape index (κ1) is 22.3. The van der Waals surface area contributed by atoms with E-state index in [1.165, 1.54) is 0 Å². The highest BCUT2D eigenvalue weighted by molar-refractivity contribution is 8.00. The number of nitrogens with one attached hydrogen (secondary N) is 4. The fourth-order valence-corrected chi connectivity index (χ4v) is 5.23. The Hall–Kier alpha value is -2.42. The summed E-state index contributed by atoms with van der Waals surface area (Å²) in [6.07, 6.45) is 3.21. The van der Waals surface area contributed by atoms with E-state index in [4.69, 9.17) is 0 Å². The summed E-state index contributed by atoms with van der Waals surface area (Å²) in [6.45, 7) is 0.747. The molecule has 2 aliphatic heterocycles. The maximum Gasteiger partial charge on any atom is 0.315 e. The number of benzene rings is 1. The topological polar surface area (TPSA) is 112 Å². The van der Waals surface area contributed by atoms with Crippen LogP contribution in [0.1, 0.15) is 36.0 Å². The molecule has 0 unspecified atom stereocenters. The number of nitrogens with zero attached hydrogens (tertiary/aromatic N) is 1. The number of thiocarbonyl (C=S) groups is 1. The zero-order valence-electron chi connectivity index (χ0n) is 16.5. The maximum atomic E-state index is 12.1. The summed E-state index contributed by atoms with van der Waals surface area (Å²) in [5.74, 6) is 0.730. The Labute approximate surface area is 185 Å². The number of fused-ring (bicyclic) bond motifs is 1. The van der Waals surface area contributed by atoms with Crippen LogP contribution >= 0.6 is 24.0 Å². The van der Waals surface area contributed by atoms with Crippen molar-refractivity contribution in [3.05, 3.63) is 29.8 Å². The summed E-state index contributed by atoms with van der Waals surface area (Å²) in [7, 11) is 0. The van der Waals surface area contributed by atoms with Gasteiger partial charge < -0.3 is 21.3 Å². The highest BCUT2D eigenvalue weighted by Gasteiger charge is 2.42. The minimum Gasteiger partial charge on any atom is -0.354 e. The smallest absolute Gasteiger partial charge is 0.315 e. The van der Waals surface area contributed by atoms with E-state index in [-0.39, 0.29) is 29.9 Å². The van der Waals surface area contributed by atoms with Crippen LogP contribution in [-0.4, -0.2) is 59.2 Å². The van der Waals surface area contributed by atoms with E-state index < -0.39 is 0 Å². The van der Waals surface area contributed by atoms with Crippen LogP contribution in [-0.2, 0) is 4.79 Å². The van der Waals surface area contributed by atoms with Gasteiger partial charge in [-0.15, -0.1) is 0 Å². The molecular weight excluding hydrogens is 422 g/mol. The number of thioether (sulfide) groups is 1. The quantitative estimate of drug-likeness (QED) is 0.190. The molecule has 2 heterocycles. The summed E-state index contributed by atoms with van der Waals surface area (Å²) in [5, 5.41) is 14.2. The standard InChI is InChI=1S/C20H25N5O3S2/c26-17(4-2-1-3-16-18-15(11-30-16)24-20(28)25-18)21-9-10-22-19(27)13-5-7-14(8-6-13)23-12-29/h5-8,15-16,18H,1-4,9-11H2,(H,21,26)(H,22,27)(H2,24,25,28)/t15-,16-,18-/m0/s1. The molecule has 30 heavy (non-hydrogen) atoms. The Kier molecular flexibility index (Phi) is 8.24. The zero-order chi connectivity index (χ0) is 21.3. The van der Waals surface area contributed by atoms with Crippen molar-refractivity contribution in [2.24, 2.45) is 4.99 Å². The van der Waals surface area contributed by atoms with Gasteiger partial charge in [0.1, 0.15) is 0 Å². The summed E-state index contributed by atoms with van der Waals surface area (Å²) < 4.78 is 0. The summed E-state index contributed by atoms with van der Waals surface area (Å²) in [4.78, 5) is 39.3. The second kappa shape index (κ2) is 11.1. The van der Waals surface area contributed by atoms with Crippen LogP contribution in [0.4, 0.5) is 10.5 Å². The third kappa shape index (κ3) is 6.29.